The third-order valence-electron chi connectivity index (χ3n) is 2.65. The maximum absolute atomic E-state index is 11.1. The molecule has 1 aromatic carbocycles. The second kappa shape index (κ2) is 6.00. The first-order valence-corrected chi connectivity index (χ1v) is 6.07. The van der Waals surface area contributed by atoms with E-state index in [2.05, 4.69) is 5.32 Å². The van der Waals surface area contributed by atoms with Gasteiger partial charge in [-0.05, 0) is 17.7 Å². The summed E-state index contributed by atoms with van der Waals surface area (Å²) in [4.78, 5) is 22.2. The molecule has 1 aliphatic heterocycles. The molecule has 1 atom stereocenters. The lowest BCUT2D eigenvalue weighted by Gasteiger charge is -2.15. The van der Waals surface area contributed by atoms with Gasteiger partial charge in [-0.1, -0.05) is 30.4 Å². The number of ether oxygens (including phenoxy) is 1. The van der Waals surface area contributed by atoms with Gasteiger partial charge in [0.25, 0.3) is 0 Å². The highest BCUT2D eigenvalue weighted by molar-refractivity contribution is 5.91. The maximum atomic E-state index is 11.1. The van der Waals surface area contributed by atoms with Crippen LogP contribution in [-0.4, -0.2) is 18.0 Å². The Kier molecular flexibility index (Phi) is 4.13. The maximum Gasteiger partial charge on any atom is 0.331 e. The lowest BCUT2D eigenvalue weighted by molar-refractivity contribution is -0.141. The average molecular weight is 257 g/mol. The van der Waals surface area contributed by atoms with E-state index >= 15 is 0 Å². The largest absolute Gasteiger partial charge is 0.455 e. The van der Waals surface area contributed by atoms with E-state index in [-0.39, 0.29) is 18.0 Å². The van der Waals surface area contributed by atoms with Crippen LogP contribution in [0.25, 0.3) is 6.08 Å². The number of carbonyl (C=O) groups excluding carboxylic acids is 2. The van der Waals surface area contributed by atoms with E-state index in [9.17, 15) is 9.59 Å². The summed E-state index contributed by atoms with van der Waals surface area (Å²) in [6.45, 7) is 1.47. The van der Waals surface area contributed by atoms with Gasteiger partial charge in [0.05, 0.1) is 0 Å². The standard InChI is InChI=1S/C15H15NO3/c1-11(17)16-14-7-3-2-5-12(14)9-10-13-6-4-8-15(18)19-13/h2-5,7-10,13H,6H2,1H3,(H,16,17)/b10-9+/t13-/m1/s1. The highest BCUT2D eigenvalue weighted by Crippen LogP contribution is 2.18. The molecular weight excluding hydrogens is 242 g/mol. The van der Waals surface area contributed by atoms with Crippen molar-refractivity contribution in [2.75, 3.05) is 5.32 Å². The van der Waals surface area contributed by atoms with Gasteiger partial charge in [0, 0.05) is 25.1 Å². The van der Waals surface area contributed by atoms with E-state index in [1.807, 2.05) is 36.4 Å². The Balaban J connectivity index is 2.12. The van der Waals surface area contributed by atoms with Crippen molar-refractivity contribution in [2.24, 2.45) is 0 Å². The lowest BCUT2D eigenvalue weighted by atomic mass is 10.1. The zero-order valence-electron chi connectivity index (χ0n) is 10.6. The molecular formula is C15H15NO3. The number of nitrogens with one attached hydrogen (secondary N) is 1. The highest BCUT2D eigenvalue weighted by atomic mass is 16.5. The van der Waals surface area contributed by atoms with Crippen LogP contribution in [-0.2, 0) is 14.3 Å². The number of amides is 1. The Morgan fingerprint density at radius 1 is 1.42 bits per heavy atom. The molecule has 0 aliphatic carbocycles. The number of anilines is 1. The van der Waals surface area contributed by atoms with Gasteiger partial charge in [0.15, 0.2) is 0 Å². The SMILES string of the molecule is CC(=O)Nc1ccccc1/C=C/[C@H]1CC=CC(=O)O1. The third kappa shape index (κ3) is 3.81. The zero-order valence-corrected chi connectivity index (χ0v) is 10.6. The molecule has 0 radical (unpaired) electrons. The van der Waals surface area contributed by atoms with E-state index in [1.54, 1.807) is 6.08 Å². The van der Waals surface area contributed by atoms with Crippen molar-refractivity contribution in [1.29, 1.82) is 0 Å². The van der Waals surface area contributed by atoms with Crippen molar-refractivity contribution < 1.29 is 14.3 Å². The quantitative estimate of drug-likeness (QED) is 0.846. The first kappa shape index (κ1) is 13.1. The first-order valence-electron chi connectivity index (χ1n) is 6.07. The summed E-state index contributed by atoms with van der Waals surface area (Å²) >= 11 is 0. The number of para-hydroxylation sites is 1. The smallest absolute Gasteiger partial charge is 0.331 e. The molecule has 1 aliphatic rings. The molecule has 1 N–H and O–H groups in total. The van der Waals surface area contributed by atoms with Crippen LogP contribution in [0.5, 0.6) is 0 Å². The molecule has 0 spiro atoms. The average Bonchev–Trinajstić information content (AvgIpc) is 2.37. The first-order chi connectivity index (χ1) is 9.15. The minimum Gasteiger partial charge on any atom is -0.455 e. The van der Waals surface area contributed by atoms with Gasteiger partial charge in [-0.15, -0.1) is 0 Å². The number of hydrogen-bond acceptors (Lipinski definition) is 3. The fourth-order valence-electron chi connectivity index (χ4n) is 1.81. The number of cyclic esters (lactones) is 1. The van der Waals surface area contributed by atoms with E-state index in [1.165, 1.54) is 13.0 Å². The number of rotatable bonds is 3. The number of esters is 1. The number of hydrogen-bond donors (Lipinski definition) is 1. The Bertz CT molecular complexity index is 546. The molecule has 0 bridgehead atoms. The molecule has 98 valence electrons. The monoisotopic (exact) mass is 257 g/mol. The molecule has 0 saturated carbocycles. The highest BCUT2D eigenvalue weighted by Gasteiger charge is 2.12. The van der Waals surface area contributed by atoms with Crippen molar-refractivity contribution >= 4 is 23.6 Å². The van der Waals surface area contributed by atoms with Gasteiger partial charge in [-0.2, -0.15) is 0 Å². The van der Waals surface area contributed by atoms with Crippen LogP contribution in [0.1, 0.15) is 18.9 Å². The molecule has 0 saturated heterocycles. The zero-order chi connectivity index (χ0) is 13.7. The Morgan fingerprint density at radius 2 is 2.21 bits per heavy atom. The third-order valence-corrected chi connectivity index (χ3v) is 2.65. The summed E-state index contributed by atoms with van der Waals surface area (Å²) in [6.07, 6.45) is 7.31. The summed E-state index contributed by atoms with van der Waals surface area (Å²) < 4.78 is 5.13. The van der Waals surface area contributed by atoms with Crippen molar-refractivity contribution in [3.63, 3.8) is 0 Å². The number of benzene rings is 1. The predicted octanol–water partition coefficient (Wildman–Crippen LogP) is 2.53. The Morgan fingerprint density at radius 3 is 2.95 bits per heavy atom. The second-order valence-electron chi connectivity index (χ2n) is 4.24. The Hall–Kier alpha value is -2.36. The topological polar surface area (TPSA) is 55.4 Å². The minimum absolute atomic E-state index is 0.118. The van der Waals surface area contributed by atoms with Gasteiger partial charge in [-0.25, -0.2) is 4.79 Å². The summed E-state index contributed by atoms with van der Waals surface area (Å²) in [5.74, 6) is -0.441. The molecule has 1 amide bonds. The molecule has 2 rings (SSSR count). The molecule has 0 fully saturated rings. The van der Waals surface area contributed by atoms with Gasteiger partial charge in [-0.3, -0.25) is 4.79 Å². The van der Waals surface area contributed by atoms with Gasteiger partial charge < -0.3 is 10.1 Å². The van der Waals surface area contributed by atoms with Crippen molar-refractivity contribution in [1.82, 2.24) is 0 Å². The van der Waals surface area contributed by atoms with Crippen LogP contribution in [0, 0.1) is 0 Å². The van der Waals surface area contributed by atoms with Gasteiger partial charge in [0.1, 0.15) is 6.10 Å². The number of carbonyl (C=O) groups is 2. The summed E-state index contributed by atoms with van der Waals surface area (Å²) in [5, 5.41) is 2.76. The second-order valence-corrected chi connectivity index (χ2v) is 4.24. The minimum atomic E-state index is -0.323. The van der Waals surface area contributed by atoms with Crippen molar-refractivity contribution in [3.05, 3.63) is 48.1 Å². The van der Waals surface area contributed by atoms with E-state index < -0.39 is 0 Å². The van der Waals surface area contributed by atoms with Crippen molar-refractivity contribution in [3.8, 4) is 0 Å². The van der Waals surface area contributed by atoms with Crippen LogP contribution >= 0.6 is 0 Å². The molecule has 0 unspecified atom stereocenters. The van der Waals surface area contributed by atoms with Crippen LogP contribution in [0.3, 0.4) is 0 Å². The van der Waals surface area contributed by atoms with Crippen LogP contribution in [0.15, 0.2) is 42.5 Å². The van der Waals surface area contributed by atoms with Crippen molar-refractivity contribution in [2.45, 2.75) is 19.4 Å². The fourth-order valence-corrected chi connectivity index (χ4v) is 1.81. The Labute approximate surface area is 111 Å². The van der Waals surface area contributed by atoms with Gasteiger partial charge in [0.2, 0.25) is 5.91 Å². The lowest BCUT2D eigenvalue weighted by Crippen LogP contribution is -2.17. The summed E-state index contributed by atoms with van der Waals surface area (Å²) in [5.41, 5.74) is 1.62. The van der Waals surface area contributed by atoms with Gasteiger partial charge >= 0.3 is 5.97 Å². The predicted molar refractivity (Wildman–Crippen MR) is 73.4 cm³/mol. The molecule has 4 nitrogen and oxygen atoms in total. The van der Waals surface area contributed by atoms with Crippen LogP contribution < -0.4 is 5.32 Å². The van der Waals surface area contributed by atoms with E-state index in [4.69, 9.17) is 4.74 Å². The van der Waals surface area contributed by atoms with Crippen LogP contribution in [0.4, 0.5) is 5.69 Å². The van der Waals surface area contributed by atoms with E-state index in [0.717, 1.165) is 11.3 Å². The molecule has 19 heavy (non-hydrogen) atoms. The molecule has 1 aromatic rings. The normalized spacial score (nSPS) is 18.4. The molecule has 4 heteroatoms. The summed E-state index contributed by atoms with van der Waals surface area (Å²) in [6, 6.07) is 7.46. The summed E-state index contributed by atoms with van der Waals surface area (Å²) in [7, 11) is 0. The van der Waals surface area contributed by atoms with Crippen LogP contribution in [0.2, 0.25) is 0 Å². The fraction of sp³-hybridized carbons (Fsp3) is 0.200. The van der Waals surface area contributed by atoms with E-state index in [0.29, 0.717) is 6.42 Å². The molecule has 0 aromatic heterocycles. The molecule has 1 heterocycles.